The molecular weight excluding hydrogens is 298 g/mol. The SMILES string of the molecule is O=C(O)c1ccc(CNC(=O)c2cccc3c2OCCO3)cc1. The molecule has 0 atom stereocenters. The normalized spacial score (nSPS) is 12.5. The number of aromatic carboxylic acids is 1. The van der Waals surface area contributed by atoms with Crippen LogP contribution in [0.5, 0.6) is 11.5 Å². The third kappa shape index (κ3) is 3.26. The van der Waals surface area contributed by atoms with Crippen LogP contribution < -0.4 is 14.8 Å². The van der Waals surface area contributed by atoms with Crippen molar-refractivity contribution < 1.29 is 24.2 Å². The number of carboxylic acids is 1. The molecular formula is C17H15NO5. The highest BCUT2D eigenvalue weighted by atomic mass is 16.6. The number of para-hydroxylation sites is 1. The molecule has 23 heavy (non-hydrogen) atoms. The van der Waals surface area contributed by atoms with Gasteiger partial charge in [-0.2, -0.15) is 0 Å². The minimum absolute atomic E-state index is 0.211. The van der Waals surface area contributed by atoms with Crippen molar-refractivity contribution in [2.24, 2.45) is 0 Å². The van der Waals surface area contributed by atoms with Crippen molar-refractivity contribution in [3.63, 3.8) is 0 Å². The summed E-state index contributed by atoms with van der Waals surface area (Å²) in [5.41, 5.74) is 1.44. The topological polar surface area (TPSA) is 84.9 Å². The molecule has 0 saturated carbocycles. The molecule has 0 saturated heterocycles. The zero-order valence-corrected chi connectivity index (χ0v) is 12.2. The second kappa shape index (κ2) is 6.39. The maximum absolute atomic E-state index is 12.3. The molecule has 0 unspecified atom stereocenters. The second-order valence-corrected chi connectivity index (χ2v) is 5.01. The number of rotatable bonds is 4. The predicted molar refractivity (Wildman–Crippen MR) is 82.0 cm³/mol. The summed E-state index contributed by atoms with van der Waals surface area (Å²) >= 11 is 0. The maximum atomic E-state index is 12.3. The highest BCUT2D eigenvalue weighted by molar-refractivity contribution is 5.97. The van der Waals surface area contributed by atoms with Crippen LogP contribution in [0.2, 0.25) is 0 Å². The van der Waals surface area contributed by atoms with Gasteiger partial charge in [-0.05, 0) is 29.8 Å². The van der Waals surface area contributed by atoms with Crippen molar-refractivity contribution in [2.45, 2.75) is 6.54 Å². The fourth-order valence-corrected chi connectivity index (χ4v) is 2.30. The third-order valence-electron chi connectivity index (χ3n) is 3.46. The molecule has 1 heterocycles. The van der Waals surface area contributed by atoms with Crippen molar-refractivity contribution in [3.05, 3.63) is 59.2 Å². The average molecular weight is 313 g/mol. The number of hydrogen-bond donors (Lipinski definition) is 2. The van der Waals surface area contributed by atoms with Gasteiger partial charge in [-0.25, -0.2) is 4.79 Å². The Morgan fingerprint density at radius 3 is 2.52 bits per heavy atom. The van der Waals surface area contributed by atoms with Crippen molar-refractivity contribution in [1.29, 1.82) is 0 Å². The summed E-state index contributed by atoms with van der Waals surface area (Å²) in [7, 11) is 0. The van der Waals surface area contributed by atoms with Gasteiger partial charge in [-0.15, -0.1) is 0 Å². The molecule has 2 N–H and O–H groups in total. The van der Waals surface area contributed by atoms with Crippen LogP contribution in [0.15, 0.2) is 42.5 Å². The van der Waals surface area contributed by atoms with Crippen LogP contribution >= 0.6 is 0 Å². The van der Waals surface area contributed by atoms with Gasteiger partial charge in [0, 0.05) is 6.54 Å². The molecule has 118 valence electrons. The molecule has 6 nitrogen and oxygen atoms in total. The summed E-state index contributed by atoms with van der Waals surface area (Å²) in [6.45, 7) is 1.17. The van der Waals surface area contributed by atoms with Crippen LogP contribution in [0.3, 0.4) is 0 Å². The smallest absolute Gasteiger partial charge is 0.335 e. The van der Waals surface area contributed by atoms with Gasteiger partial charge >= 0.3 is 5.97 Å². The Balaban J connectivity index is 1.69. The molecule has 0 spiro atoms. The van der Waals surface area contributed by atoms with Crippen molar-refractivity contribution in [2.75, 3.05) is 13.2 Å². The van der Waals surface area contributed by atoms with Crippen molar-refractivity contribution in [3.8, 4) is 11.5 Å². The van der Waals surface area contributed by atoms with Crippen LogP contribution in [-0.4, -0.2) is 30.2 Å². The first-order chi connectivity index (χ1) is 11.1. The minimum atomic E-state index is -0.978. The van der Waals surface area contributed by atoms with E-state index in [2.05, 4.69) is 5.32 Å². The van der Waals surface area contributed by atoms with E-state index in [0.717, 1.165) is 5.56 Å². The van der Waals surface area contributed by atoms with Gasteiger partial charge in [0.1, 0.15) is 13.2 Å². The number of carboxylic acid groups (broad SMARTS) is 1. The Labute approximate surface area is 132 Å². The van der Waals surface area contributed by atoms with Gasteiger partial charge in [0.05, 0.1) is 11.1 Å². The van der Waals surface area contributed by atoms with Crippen LogP contribution in [0.4, 0.5) is 0 Å². The van der Waals surface area contributed by atoms with Crippen LogP contribution in [0, 0.1) is 0 Å². The number of amides is 1. The monoisotopic (exact) mass is 313 g/mol. The van der Waals surface area contributed by atoms with Gasteiger partial charge < -0.3 is 19.9 Å². The first kappa shape index (κ1) is 14.9. The number of hydrogen-bond acceptors (Lipinski definition) is 4. The van der Waals surface area contributed by atoms with Crippen molar-refractivity contribution >= 4 is 11.9 Å². The Hall–Kier alpha value is -3.02. The summed E-state index contributed by atoms with van der Waals surface area (Å²) in [5.74, 6) is -0.226. The van der Waals surface area contributed by atoms with E-state index in [1.54, 1.807) is 30.3 Å². The Morgan fingerprint density at radius 2 is 1.78 bits per heavy atom. The number of benzene rings is 2. The number of carbonyl (C=O) groups excluding carboxylic acids is 1. The number of fused-ring (bicyclic) bond motifs is 1. The summed E-state index contributed by atoms with van der Waals surface area (Å²) in [4.78, 5) is 23.1. The molecule has 0 radical (unpaired) electrons. The first-order valence-electron chi connectivity index (χ1n) is 7.14. The number of nitrogens with one attached hydrogen (secondary N) is 1. The zero-order valence-electron chi connectivity index (χ0n) is 12.2. The van der Waals surface area contributed by atoms with Crippen molar-refractivity contribution in [1.82, 2.24) is 5.32 Å². The van der Waals surface area contributed by atoms with Gasteiger partial charge in [0.25, 0.3) is 5.91 Å². The summed E-state index contributed by atoms with van der Waals surface area (Å²) in [5, 5.41) is 11.7. The van der Waals surface area contributed by atoms with Crippen LogP contribution in [0.1, 0.15) is 26.3 Å². The number of ether oxygens (including phenoxy) is 2. The van der Waals surface area contributed by atoms with E-state index in [1.807, 2.05) is 0 Å². The quantitative estimate of drug-likeness (QED) is 0.903. The molecule has 2 aromatic carbocycles. The highest BCUT2D eigenvalue weighted by Gasteiger charge is 2.20. The molecule has 0 bridgehead atoms. The van der Waals surface area contributed by atoms with Crippen LogP contribution in [-0.2, 0) is 6.54 Å². The summed E-state index contributed by atoms with van der Waals surface area (Å²) in [6.07, 6.45) is 0. The van der Waals surface area contributed by atoms with E-state index < -0.39 is 5.97 Å². The third-order valence-corrected chi connectivity index (χ3v) is 3.46. The molecule has 1 aliphatic heterocycles. The van der Waals surface area contributed by atoms with E-state index in [4.69, 9.17) is 14.6 Å². The molecule has 0 fully saturated rings. The molecule has 0 aliphatic carbocycles. The van der Waals surface area contributed by atoms with Gasteiger partial charge in [-0.1, -0.05) is 18.2 Å². The first-order valence-corrected chi connectivity index (χ1v) is 7.14. The lowest BCUT2D eigenvalue weighted by Crippen LogP contribution is -2.25. The molecule has 0 aromatic heterocycles. The molecule has 1 aliphatic rings. The molecule has 3 rings (SSSR count). The van der Waals surface area contributed by atoms with E-state index >= 15 is 0 Å². The summed E-state index contributed by atoms with van der Waals surface area (Å²) in [6, 6.07) is 11.5. The lowest BCUT2D eigenvalue weighted by atomic mass is 10.1. The Kier molecular flexibility index (Phi) is 4.14. The van der Waals surface area contributed by atoms with Crippen LogP contribution in [0.25, 0.3) is 0 Å². The van der Waals surface area contributed by atoms with E-state index in [0.29, 0.717) is 36.8 Å². The van der Waals surface area contributed by atoms with Gasteiger partial charge in [0.2, 0.25) is 0 Å². The number of carbonyl (C=O) groups is 2. The maximum Gasteiger partial charge on any atom is 0.335 e. The fraction of sp³-hybridized carbons (Fsp3) is 0.176. The Morgan fingerprint density at radius 1 is 1.04 bits per heavy atom. The fourth-order valence-electron chi connectivity index (χ4n) is 2.30. The largest absolute Gasteiger partial charge is 0.486 e. The zero-order chi connectivity index (χ0) is 16.2. The van der Waals surface area contributed by atoms with E-state index in [9.17, 15) is 9.59 Å². The minimum Gasteiger partial charge on any atom is -0.486 e. The molecule has 1 amide bonds. The van der Waals surface area contributed by atoms with E-state index in [-0.39, 0.29) is 11.5 Å². The highest BCUT2D eigenvalue weighted by Crippen LogP contribution is 2.33. The lowest BCUT2D eigenvalue weighted by molar-refractivity contribution is 0.0696. The lowest BCUT2D eigenvalue weighted by Gasteiger charge is -2.20. The Bertz CT molecular complexity index is 739. The molecule has 2 aromatic rings. The standard InChI is InChI=1S/C17H15NO5/c19-16(13-2-1-3-14-15(13)23-9-8-22-14)18-10-11-4-6-12(7-5-11)17(20)21/h1-7H,8-10H2,(H,18,19)(H,20,21). The van der Waals surface area contributed by atoms with E-state index in [1.165, 1.54) is 12.1 Å². The molecule has 6 heteroatoms. The predicted octanol–water partition coefficient (Wildman–Crippen LogP) is 2.09. The summed E-state index contributed by atoms with van der Waals surface area (Å²) < 4.78 is 11.0. The second-order valence-electron chi connectivity index (χ2n) is 5.01. The van der Waals surface area contributed by atoms with Gasteiger partial charge in [-0.3, -0.25) is 4.79 Å². The average Bonchev–Trinajstić information content (AvgIpc) is 2.59. The van der Waals surface area contributed by atoms with Gasteiger partial charge in [0.15, 0.2) is 11.5 Å².